The molecule has 5 heteroatoms. The molecule has 1 atom stereocenters. The van der Waals surface area contributed by atoms with Crippen molar-refractivity contribution in [2.45, 2.75) is 34.1 Å². The second kappa shape index (κ2) is 6.39. The summed E-state index contributed by atoms with van der Waals surface area (Å²) in [7, 11) is 0. The third-order valence-electron chi connectivity index (χ3n) is 3.76. The van der Waals surface area contributed by atoms with Crippen molar-refractivity contribution in [2.75, 3.05) is 5.32 Å². The van der Waals surface area contributed by atoms with Crippen molar-refractivity contribution in [2.24, 2.45) is 11.3 Å². The number of hydrogen-bond donors (Lipinski definition) is 2. The zero-order chi connectivity index (χ0) is 15.5. The van der Waals surface area contributed by atoms with Gasteiger partial charge in [0.25, 0.3) is 0 Å². The molecule has 0 aliphatic rings. The maximum absolute atomic E-state index is 12.1. The van der Waals surface area contributed by atoms with Gasteiger partial charge in [0.1, 0.15) is 0 Å². The first-order valence-corrected chi connectivity index (χ1v) is 7.25. The van der Waals surface area contributed by atoms with E-state index in [9.17, 15) is 14.7 Å². The molecule has 0 aliphatic heterocycles. The number of aryl methyl sites for hydroxylation is 1. The highest BCUT2D eigenvalue weighted by atomic mass is 79.9. The Morgan fingerprint density at radius 1 is 1.40 bits per heavy atom. The minimum atomic E-state index is -1.07. The lowest BCUT2D eigenvalue weighted by Gasteiger charge is -2.28. The fourth-order valence-corrected chi connectivity index (χ4v) is 2.14. The van der Waals surface area contributed by atoms with E-state index in [0.29, 0.717) is 5.69 Å². The highest BCUT2D eigenvalue weighted by molar-refractivity contribution is 9.10. The van der Waals surface area contributed by atoms with Crippen LogP contribution in [0.4, 0.5) is 5.69 Å². The van der Waals surface area contributed by atoms with Gasteiger partial charge in [-0.3, -0.25) is 9.59 Å². The van der Waals surface area contributed by atoms with Gasteiger partial charge < -0.3 is 10.4 Å². The quantitative estimate of drug-likeness (QED) is 0.855. The molecule has 1 amide bonds. The van der Waals surface area contributed by atoms with Crippen LogP contribution in [0.1, 0.15) is 32.8 Å². The van der Waals surface area contributed by atoms with E-state index in [1.807, 2.05) is 32.9 Å². The lowest BCUT2D eigenvalue weighted by molar-refractivity contribution is -0.153. The number of aliphatic carboxylic acids is 1. The maximum Gasteiger partial charge on any atom is 0.310 e. The molecule has 0 radical (unpaired) electrons. The summed E-state index contributed by atoms with van der Waals surface area (Å²) in [6, 6.07) is 5.58. The van der Waals surface area contributed by atoms with Crippen LogP contribution in [0.3, 0.4) is 0 Å². The highest BCUT2D eigenvalue weighted by Gasteiger charge is 2.38. The number of anilines is 1. The van der Waals surface area contributed by atoms with Gasteiger partial charge in [-0.25, -0.2) is 0 Å². The highest BCUT2D eigenvalue weighted by Crippen LogP contribution is 2.32. The minimum Gasteiger partial charge on any atom is -0.481 e. The third kappa shape index (κ3) is 3.82. The Hall–Kier alpha value is -1.36. The molecule has 110 valence electrons. The molecule has 0 saturated heterocycles. The van der Waals surface area contributed by atoms with Gasteiger partial charge >= 0.3 is 5.97 Å². The Bertz CT molecular complexity index is 528. The van der Waals surface area contributed by atoms with Gasteiger partial charge in [-0.05, 0) is 37.5 Å². The Labute approximate surface area is 127 Å². The first kappa shape index (κ1) is 16.7. The van der Waals surface area contributed by atoms with Crippen LogP contribution in [0.2, 0.25) is 0 Å². The van der Waals surface area contributed by atoms with E-state index in [0.717, 1.165) is 10.0 Å². The Balaban J connectivity index is 2.87. The third-order valence-corrected chi connectivity index (χ3v) is 4.26. The average molecular weight is 342 g/mol. The molecule has 0 fully saturated rings. The van der Waals surface area contributed by atoms with E-state index in [2.05, 4.69) is 21.2 Å². The van der Waals surface area contributed by atoms with Crippen LogP contribution in [0.15, 0.2) is 22.7 Å². The van der Waals surface area contributed by atoms with Gasteiger partial charge in [0.15, 0.2) is 0 Å². The first-order chi connectivity index (χ1) is 9.16. The number of carboxylic acid groups (broad SMARTS) is 1. The molecule has 4 nitrogen and oxygen atoms in total. The fraction of sp³-hybridized carbons (Fsp3) is 0.467. The number of carboxylic acids is 1. The monoisotopic (exact) mass is 341 g/mol. The number of nitrogens with one attached hydrogen (secondary N) is 1. The maximum atomic E-state index is 12.1. The molecular weight excluding hydrogens is 322 g/mol. The number of carbonyl (C=O) groups excluding carboxylic acids is 1. The number of benzene rings is 1. The predicted octanol–water partition coefficient (Wildman–Crippen LogP) is 3.83. The molecule has 0 spiro atoms. The van der Waals surface area contributed by atoms with Crippen molar-refractivity contribution in [1.29, 1.82) is 0 Å². The van der Waals surface area contributed by atoms with Crippen molar-refractivity contribution in [3.63, 3.8) is 0 Å². The molecule has 1 rings (SSSR count). The predicted molar refractivity (Wildman–Crippen MR) is 82.7 cm³/mol. The average Bonchev–Trinajstić information content (AvgIpc) is 2.33. The molecule has 0 bridgehead atoms. The van der Waals surface area contributed by atoms with Crippen LogP contribution >= 0.6 is 15.9 Å². The van der Waals surface area contributed by atoms with Crippen molar-refractivity contribution < 1.29 is 14.7 Å². The second-order valence-corrected chi connectivity index (χ2v) is 6.48. The van der Waals surface area contributed by atoms with Crippen molar-refractivity contribution >= 4 is 33.5 Å². The molecule has 0 aromatic heterocycles. The molecule has 1 aromatic carbocycles. The van der Waals surface area contributed by atoms with E-state index in [1.54, 1.807) is 13.0 Å². The first-order valence-electron chi connectivity index (χ1n) is 6.46. The van der Waals surface area contributed by atoms with Crippen molar-refractivity contribution in [3.8, 4) is 0 Å². The van der Waals surface area contributed by atoms with Gasteiger partial charge in [0.05, 0.1) is 5.41 Å². The van der Waals surface area contributed by atoms with E-state index in [-0.39, 0.29) is 18.2 Å². The van der Waals surface area contributed by atoms with Gasteiger partial charge in [-0.2, -0.15) is 0 Å². The lowest BCUT2D eigenvalue weighted by atomic mass is 9.76. The number of rotatable bonds is 5. The van der Waals surface area contributed by atoms with Crippen LogP contribution in [-0.2, 0) is 9.59 Å². The van der Waals surface area contributed by atoms with E-state index in [4.69, 9.17) is 0 Å². The van der Waals surface area contributed by atoms with Crippen LogP contribution < -0.4 is 5.32 Å². The Morgan fingerprint density at radius 2 is 2.00 bits per heavy atom. The van der Waals surface area contributed by atoms with Crippen molar-refractivity contribution in [3.05, 3.63) is 28.2 Å². The molecule has 1 aromatic rings. The smallest absolute Gasteiger partial charge is 0.310 e. The largest absolute Gasteiger partial charge is 0.481 e. The van der Waals surface area contributed by atoms with Gasteiger partial charge in [0, 0.05) is 16.6 Å². The number of amides is 1. The fourth-order valence-electron chi connectivity index (χ4n) is 1.78. The van der Waals surface area contributed by atoms with Gasteiger partial charge in [-0.1, -0.05) is 35.8 Å². The van der Waals surface area contributed by atoms with E-state index < -0.39 is 11.4 Å². The second-order valence-electron chi connectivity index (χ2n) is 5.56. The summed E-state index contributed by atoms with van der Waals surface area (Å²) in [6.07, 6.45) is -0.0496. The van der Waals surface area contributed by atoms with Gasteiger partial charge in [0.2, 0.25) is 5.91 Å². The SMILES string of the molecule is Cc1ccc(Br)cc1NC(=O)CC(C)(C(=O)O)C(C)C. The van der Waals surface area contributed by atoms with Gasteiger partial charge in [-0.15, -0.1) is 0 Å². The van der Waals surface area contributed by atoms with Crippen LogP contribution in [0.5, 0.6) is 0 Å². The summed E-state index contributed by atoms with van der Waals surface area (Å²) < 4.78 is 0.864. The standard InChI is InChI=1S/C15H20BrNO3/c1-9(2)15(4,14(19)20)8-13(18)17-12-7-11(16)6-5-10(12)3/h5-7,9H,8H2,1-4H3,(H,17,18)(H,19,20). The molecular formula is C15H20BrNO3. The molecule has 0 aliphatic carbocycles. The summed E-state index contributed by atoms with van der Waals surface area (Å²) in [5, 5.41) is 12.1. The molecule has 0 saturated carbocycles. The number of carbonyl (C=O) groups is 2. The molecule has 20 heavy (non-hydrogen) atoms. The molecule has 2 N–H and O–H groups in total. The van der Waals surface area contributed by atoms with Crippen LogP contribution in [0, 0.1) is 18.3 Å². The summed E-state index contributed by atoms with van der Waals surface area (Å²) in [6.45, 7) is 7.12. The summed E-state index contributed by atoms with van der Waals surface area (Å²) in [5.74, 6) is -1.37. The summed E-state index contributed by atoms with van der Waals surface area (Å²) in [4.78, 5) is 23.5. The zero-order valence-corrected chi connectivity index (χ0v) is 13.7. The number of halogens is 1. The molecule has 1 unspecified atom stereocenters. The van der Waals surface area contributed by atoms with Crippen LogP contribution in [0.25, 0.3) is 0 Å². The summed E-state index contributed by atoms with van der Waals surface area (Å²) >= 11 is 3.35. The lowest BCUT2D eigenvalue weighted by Crippen LogP contribution is -2.37. The number of hydrogen-bond acceptors (Lipinski definition) is 2. The van der Waals surface area contributed by atoms with Crippen molar-refractivity contribution in [1.82, 2.24) is 0 Å². The minimum absolute atomic E-state index is 0.0496. The zero-order valence-electron chi connectivity index (χ0n) is 12.2. The summed E-state index contributed by atoms with van der Waals surface area (Å²) in [5.41, 5.74) is 0.563. The van der Waals surface area contributed by atoms with E-state index in [1.165, 1.54) is 0 Å². The molecule has 0 heterocycles. The normalized spacial score (nSPS) is 13.9. The Kier molecular flexibility index (Phi) is 5.34. The van der Waals surface area contributed by atoms with E-state index >= 15 is 0 Å². The Morgan fingerprint density at radius 3 is 2.50 bits per heavy atom. The van der Waals surface area contributed by atoms with Crippen LogP contribution in [-0.4, -0.2) is 17.0 Å². The topological polar surface area (TPSA) is 66.4 Å².